The molecule has 224 valence electrons. The second-order valence-corrected chi connectivity index (χ2v) is 11.9. The number of sulfone groups is 1. The Balaban J connectivity index is 2.02. The standard InChI is InChI=1S/C24H18F8O7S2/c1-14-6-9-19(13-20(14)21(25,26)22(27,28)23(29,30)24(31,32)41(35,36)37)40(33,34)18-10-7-15(8-11-18)39-17-5-3-4-16(12-17)38-2/h3-13H,1-2H3,(H,35,36,37). The Morgan fingerprint density at radius 3 is 1.76 bits per heavy atom. The van der Waals surface area contributed by atoms with Crippen molar-refractivity contribution in [2.75, 3.05) is 7.11 Å². The predicted molar refractivity (Wildman–Crippen MR) is 126 cm³/mol. The van der Waals surface area contributed by atoms with Gasteiger partial charge in [0.2, 0.25) is 9.84 Å². The number of ether oxygens (including phenoxy) is 2. The molecule has 3 rings (SSSR count). The Hall–Kier alpha value is -3.44. The molecule has 1 N–H and O–H groups in total. The summed E-state index contributed by atoms with van der Waals surface area (Å²) in [6, 6.07) is 11.6. The van der Waals surface area contributed by atoms with Gasteiger partial charge >= 0.3 is 33.1 Å². The molecule has 0 aliphatic carbocycles. The lowest BCUT2D eigenvalue weighted by molar-refractivity contribution is -0.353. The number of halogens is 8. The lowest BCUT2D eigenvalue weighted by atomic mass is 9.94. The summed E-state index contributed by atoms with van der Waals surface area (Å²) >= 11 is 0. The third-order valence-corrected chi connectivity index (χ3v) is 8.42. The van der Waals surface area contributed by atoms with E-state index in [1.807, 2.05) is 0 Å². The molecule has 0 amide bonds. The van der Waals surface area contributed by atoms with Gasteiger partial charge in [-0.15, -0.1) is 0 Å². The van der Waals surface area contributed by atoms with E-state index in [1.54, 1.807) is 18.2 Å². The summed E-state index contributed by atoms with van der Waals surface area (Å²) in [5, 5.41) is -7.04. The Morgan fingerprint density at radius 1 is 0.683 bits per heavy atom. The minimum absolute atomic E-state index is 0.106. The van der Waals surface area contributed by atoms with Gasteiger partial charge in [0.25, 0.3) is 0 Å². The molecule has 0 unspecified atom stereocenters. The van der Waals surface area contributed by atoms with E-state index in [0.717, 1.165) is 24.3 Å². The maximum atomic E-state index is 14.8. The monoisotopic (exact) mass is 634 g/mol. The molecule has 0 aliphatic heterocycles. The summed E-state index contributed by atoms with van der Waals surface area (Å²) in [6.07, 6.45) is 0. The van der Waals surface area contributed by atoms with E-state index >= 15 is 0 Å². The number of rotatable bonds is 10. The van der Waals surface area contributed by atoms with Crippen molar-refractivity contribution in [2.24, 2.45) is 0 Å². The Bertz CT molecular complexity index is 1660. The molecule has 17 heteroatoms. The van der Waals surface area contributed by atoms with Crippen LogP contribution in [0.25, 0.3) is 0 Å². The molecule has 0 atom stereocenters. The zero-order valence-corrected chi connectivity index (χ0v) is 22.2. The highest BCUT2D eigenvalue weighted by atomic mass is 32.2. The Labute approximate surface area is 228 Å². The van der Waals surface area contributed by atoms with Crippen molar-refractivity contribution in [2.45, 2.75) is 39.7 Å². The average Bonchev–Trinajstić information content (AvgIpc) is 2.88. The van der Waals surface area contributed by atoms with Gasteiger partial charge in [0.05, 0.1) is 16.9 Å². The summed E-state index contributed by atoms with van der Waals surface area (Å²) in [7, 11) is -10.7. The first-order valence-electron chi connectivity index (χ1n) is 10.9. The number of aryl methyl sites for hydroxylation is 1. The summed E-state index contributed by atoms with van der Waals surface area (Å²) in [4.78, 5) is -1.69. The van der Waals surface area contributed by atoms with E-state index in [4.69, 9.17) is 14.0 Å². The molecule has 0 radical (unpaired) electrons. The first-order valence-corrected chi connectivity index (χ1v) is 13.8. The molecule has 0 aromatic heterocycles. The third kappa shape index (κ3) is 5.44. The van der Waals surface area contributed by atoms with Gasteiger partial charge in [0.1, 0.15) is 17.2 Å². The lowest BCUT2D eigenvalue weighted by Gasteiger charge is -2.36. The van der Waals surface area contributed by atoms with Crippen molar-refractivity contribution in [3.63, 3.8) is 0 Å². The van der Waals surface area contributed by atoms with Crippen LogP contribution in [0.4, 0.5) is 35.1 Å². The fourth-order valence-electron chi connectivity index (χ4n) is 3.44. The average molecular weight is 635 g/mol. The van der Waals surface area contributed by atoms with Crippen LogP contribution in [0.2, 0.25) is 0 Å². The van der Waals surface area contributed by atoms with Crippen molar-refractivity contribution in [3.05, 3.63) is 77.9 Å². The highest BCUT2D eigenvalue weighted by Gasteiger charge is 2.84. The van der Waals surface area contributed by atoms with Crippen LogP contribution in [-0.2, 0) is 25.9 Å². The van der Waals surface area contributed by atoms with Crippen molar-refractivity contribution in [1.29, 1.82) is 0 Å². The van der Waals surface area contributed by atoms with E-state index in [2.05, 4.69) is 0 Å². The SMILES string of the molecule is COc1cccc(Oc2ccc(S(=O)(=O)c3ccc(C)c(C(F)(F)C(F)(F)C(F)(F)C(F)(F)S(=O)(=O)O)c3)cc2)c1. The van der Waals surface area contributed by atoms with E-state index in [1.165, 1.54) is 13.2 Å². The summed E-state index contributed by atoms with van der Waals surface area (Å²) in [6.45, 7) is 0.666. The first-order chi connectivity index (χ1) is 18.6. The first kappa shape index (κ1) is 32.1. The Morgan fingerprint density at radius 2 is 1.22 bits per heavy atom. The quantitative estimate of drug-likeness (QED) is 0.201. The van der Waals surface area contributed by atoms with Crippen LogP contribution >= 0.6 is 0 Å². The van der Waals surface area contributed by atoms with E-state index < -0.39 is 63.9 Å². The highest BCUT2D eigenvalue weighted by molar-refractivity contribution is 7.91. The van der Waals surface area contributed by atoms with E-state index in [0.29, 0.717) is 30.6 Å². The molecular formula is C24H18F8O7S2. The van der Waals surface area contributed by atoms with E-state index in [-0.39, 0.29) is 11.8 Å². The summed E-state index contributed by atoms with van der Waals surface area (Å²) in [5.74, 6) is -19.9. The molecule has 41 heavy (non-hydrogen) atoms. The molecule has 0 fully saturated rings. The topological polar surface area (TPSA) is 107 Å². The predicted octanol–water partition coefficient (Wildman–Crippen LogP) is 6.47. The number of benzene rings is 3. The minimum Gasteiger partial charge on any atom is -0.497 e. The number of hydrogen-bond donors (Lipinski definition) is 1. The van der Waals surface area contributed by atoms with Crippen LogP contribution in [0.1, 0.15) is 11.1 Å². The molecule has 3 aromatic rings. The molecular weight excluding hydrogens is 616 g/mol. The molecule has 3 aromatic carbocycles. The normalized spacial score (nSPS) is 13.6. The smallest absolute Gasteiger partial charge is 0.438 e. The van der Waals surface area contributed by atoms with Crippen molar-refractivity contribution < 1.29 is 66.0 Å². The van der Waals surface area contributed by atoms with Crippen LogP contribution in [0.15, 0.2) is 76.5 Å². The Kier molecular flexibility index (Phi) is 8.16. The molecule has 0 aliphatic rings. The second kappa shape index (κ2) is 10.4. The van der Waals surface area contributed by atoms with Gasteiger partial charge < -0.3 is 9.47 Å². The van der Waals surface area contributed by atoms with Crippen LogP contribution in [0.5, 0.6) is 17.2 Å². The number of hydrogen-bond acceptors (Lipinski definition) is 6. The third-order valence-electron chi connectivity index (χ3n) is 5.75. The maximum Gasteiger partial charge on any atom is 0.438 e. The zero-order chi connectivity index (χ0) is 31.2. The van der Waals surface area contributed by atoms with Crippen molar-refractivity contribution in [1.82, 2.24) is 0 Å². The largest absolute Gasteiger partial charge is 0.497 e. The second-order valence-electron chi connectivity index (χ2n) is 8.45. The minimum atomic E-state index is -7.35. The fraction of sp³-hybridized carbons (Fsp3) is 0.250. The summed E-state index contributed by atoms with van der Waals surface area (Å²) < 4.78 is 180. The van der Waals surface area contributed by atoms with Crippen LogP contribution in [0.3, 0.4) is 0 Å². The van der Waals surface area contributed by atoms with Crippen LogP contribution in [0, 0.1) is 6.92 Å². The molecule has 0 spiro atoms. The molecule has 0 heterocycles. The van der Waals surface area contributed by atoms with E-state index in [9.17, 15) is 52.0 Å². The van der Waals surface area contributed by atoms with Gasteiger partial charge in [-0.05, 0) is 61.0 Å². The molecule has 0 bridgehead atoms. The van der Waals surface area contributed by atoms with Gasteiger partial charge in [-0.3, -0.25) is 4.55 Å². The number of alkyl halides is 8. The van der Waals surface area contributed by atoms with Gasteiger partial charge in [0, 0.05) is 11.6 Å². The van der Waals surface area contributed by atoms with Gasteiger partial charge in [-0.1, -0.05) is 12.1 Å². The van der Waals surface area contributed by atoms with Gasteiger partial charge in [0.15, 0.2) is 0 Å². The molecule has 0 saturated carbocycles. The lowest BCUT2D eigenvalue weighted by Crippen LogP contribution is -2.63. The molecule has 0 saturated heterocycles. The maximum absolute atomic E-state index is 14.8. The van der Waals surface area contributed by atoms with Crippen molar-refractivity contribution >= 4 is 20.0 Å². The van der Waals surface area contributed by atoms with Gasteiger partial charge in [-0.2, -0.15) is 43.5 Å². The number of methoxy groups -OCH3 is 1. The van der Waals surface area contributed by atoms with Crippen LogP contribution in [-0.4, -0.2) is 45.6 Å². The fourth-order valence-corrected chi connectivity index (χ4v) is 5.18. The van der Waals surface area contributed by atoms with Gasteiger partial charge in [-0.25, -0.2) is 8.42 Å². The van der Waals surface area contributed by atoms with Crippen molar-refractivity contribution in [3.8, 4) is 17.2 Å². The summed E-state index contributed by atoms with van der Waals surface area (Å²) in [5.41, 5.74) is -3.05. The highest BCUT2D eigenvalue weighted by Crippen LogP contribution is 2.58. The zero-order valence-electron chi connectivity index (χ0n) is 20.6. The molecule has 7 nitrogen and oxygen atoms in total. The van der Waals surface area contributed by atoms with Crippen LogP contribution < -0.4 is 9.47 Å².